The van der Waals surface area contributed by atoms with E-state index in [2.05, 4.69) is 31.0 Å². The minimum absolute atomic E-state index is 0.0102. The molecule has 15 heavy (non-hydrogen) atoms. The molecule has 0 saturated heterocycles. The maximum Gasteiger partial charge on any atom is 0.150 e. The molecule has 0 bridgehead atoms. The van der Waals surface area contributed by atoms with Crippen molar-refractivity contribution in [3.05, 3.63) is 29.5 Å². The van der Waals surface area contributed by atoms with E-state index in [1.807, 2.05) is 12.1 Å². The molecule has 2 aromatic rings. The van der Waals surface area contributed by atoms with Crippen molar-refractivity contribution in [2.75, 3.05) is 0 Å². The van der Waals surface area contributed by atoms with Crippen LogP contribution in [0, 0.1) is 0 Å². The monoisotopic (exact) mass is 202 g/mol. The van der Waals surface area contributed by atoms with Crippen molar-refractivity contribution in [3.8, 4) is 0 Å². The van der Waals surface area contributed by atoms with Gasteiger partial charge < -0.3 is 0 Å². The standard InChI is InChI=1S/C12H14N2O/c1-12(2,3)11-9-6-8(7-15)4-5-10(9)13-14-11/h4-7H,1-3H3,(H,13,14). The summed E-state index contributed by atoms with van der Waals surface area (Å²) in [5, 5.41) is 8.29. The van der Waals surface area contributed by atoms with Crippen molar-refractivity contribution in [2.45, 2.75) is 26.2 Å². The number of aldehydes is 1. The summed E-state index contributed by atoms with van der Waals surface area (Å²) in [5.74, 6) is 0. The lowest BCUT2D eigenvalue weighted by Gasteiger charge is -2.16. The molecule has 0 aliphatic rings. The Labute approximate surface area is 88.5 Å². The average Bonchev–Trinajstić information content (AvgIpc) is 2.59. The Bertz CT molecular complexity index is 506. The third-order valence-corrected chi connectivity index (χ3v) is 2.46. The third kappa shape index (κ3) is 1.65. The van der Waals surface area contributed by atoms with Gasteiger partial charge in [-0.1, -0.05) is 20.8 Å². The van der Waals surface area contributed by atoms with Gasteiger partial charge in [0, 0.05) is 22.1 Å². The van der Waals surface area contributed by atoms with Gasteiger partial charge in [0.05, 0.1) is 5.52 Å². The SMILES string of the molecule is CC(C)(C)c1[nH]nc2ccc(C=O)cc12. The first-order valence-corrected chi connectivity index (χ1v) is 4.96. The summed E-state index contributed by atoms with van der Waals surface area (Å²) in [6.45, 7) is 6.36. The number of rotatable bonds is 1. The Morgan fingerprint density at radius 1 is 1.33 bits per heavy atom. The molecule has 1 aromatic heterocycles. The molecule has 1 heterocycles. The van der Waals surface area contributed by atoms with Crippen LogP contribution in [0.25, 0.3) is 10.9 Å². The topological polar surface area (TPSA) is 45.8 Å². The van der Waals surface area contributed by atoms with E-state index in [0.29, 0.717) is 5.56 Å². The van der Waals surface area contributed by atoms with Crippen LogP contribution < -0.4 is 0 Å². The minimum Gasteiger partial charge on any atom is -0.298 e. The molecular weight excluding hydrogens is 188 g/mol. The summed E-state index contributed by atoms with van der Waals surface area (Å²) in [6, 6.07) is 5.53. The number of benzene rings is 1. The number of carbonyl (C=O) groups is 1. The van der Waals surface area contributed by atoms with Crippen molar-refractivity contribution in [1.29, 1.82) is 0 Å². The van der Waals surface area contributed by atoms with Crippen LogP contribution in [-0.4, -0.2) is 16.5 Å². The number of nitrogens with one attached hydrogen (secondary N) is 1. The molecule has 2 rings (SSSR count). The second-order valence-electron chi connectivity index (χ2n) is 4.74. The van der Waals surface area contributed by atoms with Crippen LogP contribution in [0.5, 0.6) is 0 Å². The minimum atomic E-state index is 0.0102. The summed E-state index contributed by atoms with van der Waals surface area (Å²) >= 11 is 0. The largest absolute Gasteiger partial charge is 0.298 e. The van der Waals surface area contributed by atoms with E-state index in [0.717, 1.165) is 22.9 Å². The van der Waals surface area contributed by atoms with E-state index in [1.54, 1.807) is 6.07 Å². The Hall–Kier alpha value is -1.64. The molecule has 3 heteroatoms. The average molecular weight is 202 g/mol. The number of hydrogen-bond donors (Lipinski definition) is 1. The van der Waals surface area contributed by atoms with E-state index < -0.39 is 0 Å². The van der Waals surface area contributed by atoms with Crippen LogP contribution >= 0.6 is 0 Å². The van der Waals surface area contributed by atoms with E-state index in [9.17, 15) is 4.79 Å². The summed E-state index contributed by atoms with van der Waals surface area (Å²) < 4.78 is 0. The Morgan fingerprint density at radius 3 is 2.67 bits per heavy atom. The van der Waals surface area contributed by atoms with Crippen LogP contribution in [0.2, 0.25) is 0 Å². The number of carbonyl (C=O) groups excluding carboxylic acids is 1. The molecule has 0 amide bonds. The fourth-order valence-corrected chi connectivity index (χ4v) is 1.67. The van der Waals surface area contributed by atoms with Gasteiger partial charge in [-0.05, 0) is 18.2 Å². The first kappa shape index (κ1) is 9.90. The fourth-order valence-electron chi connectivity index (χ4n) is 1.67. The highest BCUT2D eigenvalue weighted by atomic mass is 16.1. The maximum absolute atomic E-state index is 10.7. The highest BCUT2D eigenvalue weighted by molar-refractivity contribution is 5.88. The normalized spacial score (nSPS) is 11.9. The van der Waals surface area contributed by atoms with Gasteiger partial charge in [-0.25, -0.2) is 0 Å². The lowest BCUT2D eigenvalue weighted by molar-refractivity contribution is 0.112. The number of H-pyrrole nitrogens is 1. The van der Waals surface area contributed by atoms with E-state index in [4.69, 9.17) is 0 Å². The zero-order chi connectivity index (χ0) is 11.1. The molecule has 0 aliphatic heterocycles. The van der Waals surface area contributed by atoms with Crippen molar-refractivity contribution in [2.24, 2.45) is 0 Å². The summed E-state index contributed by atoms with van der Waals surface area (Å²) in [5.41, 5.74) is 2.68. The van der Waals surface area contributed by atoms with Crippen LogP contribution in [0.15, 0.2) is 18.2 Å². The van der Waals surface area contributed by atoms with Gasteiger partial charge >= 0.3 is 0 Å². The zero-order valence-corrected chi connectivity index (χ0v) is 9.16. The second kappa shape index (κ2) is 3.19. The molecular formula is C12H14N2O. The quantitative estimate of drug-likeness (QED) is 0.722. The number of aromatic nitrogens is 2. The molecule has 0 atom stereocenters. The van der Waals surface area contributed by atoms with Gasteiger partial charge in [0.2, 0.25) is 0 Å². The first-order chi connectivity index (χ1) is 7.02. The molecule has 0 saturated carbocycles. The zero-order valence-electron chi connectivity index (χ0n) is 9.16. The van der Waals surface area contributed by atoms with Crippen LogP contribution in [0.3, 0.4) is 0 Å². The third-order valence-electron chi connectivity index (χ3n) is 2.46. The fraction of sp³-hybridized carbons (Fsp3) is 0.333. The summed E-state index contributed by atoms with van der Waals surface area (Å²) in [7, 11) is 0. The van der Waals surface area contributed by atoms with E-state index >= 15 is 0 Å². The molecule has 0 spiro atoms. The maximum atomic E-state index is 10.7. The summed E-state index contributed by atoms with van der Waals surface area (Å²) in [4.78, 5) is 10.7. The highest BCUT2D eigenvalue weighted by Crippen LogP contribution is 2.27. The van der Waals surface area contributed by atoms with Crippen molar-refractivity contribution >= 4 is 17.2 Å². The van der Waals surface area contributed by atoms with Crippen molar-refractivity contribution in [1.82, 2.24) is 10.2 Å². The molecule has 1 N–H and O–H groups in total. The van der Waals surface area contributed by atoms with Crippen molar-refractivity contribution in [3.63, 3.8) is 0 Å². The Morgan fingerprint density at radius 2 is 2.07 bits per heavy atom. The molecule has 1 aromatic carbocycles. The van der Waals surface area contributed by atoms with Gasteiger partial charge in [0.15, 0.2) is 0 Å². The number of aromatic amines is 1. The lowest BCUT2D eigenvalue weighted by atomic mass is 9.89. The van der Waals surface area contributed by atoms with Gasteiger partial charge in [0.25, 0.3) is 0 Å². The lowest BCUT2D eigenvalue weighted by Crippen LogP contribution is -2.12. The predicted octanol–water partition coefficient (Wildman–Crippen LogP) is 2.67. The number of fused-ring (bicyclic) bond motifs is 1. The van der Waals surface area contributed by atoms with E-state index in [-0.39, 0.29) is 5.41 Å². The first-order valence-electron chi connectivity index (χ1n) is 4.96. The smallest absolute Gasteiger partial charge is 0.150 e. The Balaban J connectivity index is 2.72. The number of nitrogens with zero attached hydrogens (tertiary/aromatic N) is 1. The van der Waals surface area contributed by atoms with Crippen LogP contribution in [-0.2, 0) is 5.41 Å². The van der Waals surface area contributed by atoms with Gasteiger partial charge in [-0.3, -0.25) is 9.89 Å². The molecule has 0 unspecified atom stereocenters. The van der Waals surface area contributed by atoms with Gasteiger partial charge in [0.1, 0.15) is 6.29 Å². The molecule has 3 nitrogen and oxygen atoms in total. The predicted molar refractivity (Wildman–Crippen MR) is 60.2 cm³/mol. The molecule has 78 valence electrons. The van der Waals surface area contributed by atoms with Crippen LogP contribution in [0.4, 0.5) is 0 Å². The van der Waals surface area contributed by atoms with Gasteiger partial charge in [-0.15, -0.1) is 0 Å². The molecule has 0 fully saturated rings. The summed E-state index contributed by atoms with van der Waals surface area (Å²) in [6.07, 6.45) is 0.860. The molecule has 0 aliphatic carbocycles. The Kier molecular flexibility index (Phi) is 2.11. The second-order valence-corrected chi connectivity index (χ2v) is 4.74. The highest BCUT2D eigenvalue weighted by Gasteiger charge is 2.19. The van der Waals surface area contributed by atoms with E-state index in [1.165, 1.54) is 0 Å². The van der Waals surface area contributed by atoms with Crippen LogP contribution in [0.1, 0.15) is 36.8 Å². The molecule has 0 radical (unpaired) electrons. The number of hydrogen-bond acceptors (Lipinski definition) is 2. The van der Waals surface area contributed by atoms with Crippen molar-refractivity contribution < 1.29 is 4.79 Å². The van der Waals surface area contributed by atoms with Gasteiger partial charge in [-0.2, -0.15) is 5.10 Å².